The normalized spacial score (nSPS) is 17.5. The topological polar surface area (TPSA) is 86.3 Å². The van der Waals surface area contributed by atoms with Crippen LogP contribution in [0.2, 0.25) is 0 Å². The van der Waals surface area contributed by atoms with Crippen LogP contribution in [0.15, 0.2) is 46.5 Å². The summed E-state index contributed by atoms with van der Waals surface area (Å²) in [6.45, 7) is 1.56. The van der Waals surface area contributed by atoms with E-state index in [1.165, 1.54) is 0 Å². The van der Waals surface area contributed by atoms with E-state index in [4.69, 9.17) is 0 Å². The minimum absolute atomic E-state index is 0.0373. The molecule has 98 valence electrons. The Hall–Kier alpha value is -2.15. The maximum absolute atomic E-state index is 11.3. The third-order valence-electron chi connectivity index (χ3n) is 2.79. The highest BCUT2D eigenvalue weighted by atomic mass is 32.2. The molecule has 0 fully saturated rings. The Morgan fingerprint density at radius 1 is 1.21 bits per heavy atom. The highest BCUT2D eigenvalue weighted by Crippen LogP contribution is 2.41. The second-order valence-corrected chi connectivity index (χ2v) is 4.90. The molecule has 1 aromatic rings. The molecule has 6 nitrogen and oxygen atoms in total. The lowest BCUT2D eigenvalue weighted by molar-refractivity contribution is -0.424. The first-order valence-electron chi connectivity index (χ1n) is 5.43. The average molecular weight is 278 g/mol. The monoisotopic (exact) mass is 278 g/mol. The highest BCUT2D eigenvalue weighted by molar-refractivity contribution is 8.04. The third-order valence-corrected chi connectivity index (χ3v) is 4.00. The van der Waals surface area contributed by atoms with Gasteiger partial charge in [0.05, 0.1) is 26.1 Å². The largest absolute Gasteiger partial charge is 0.290 e. The number of hydrogen-bond acceptors (Lipinski definition) is 5. The lowest BCUT2D eigenvalue weighted by atomic mass is 10.1. The molecule has 0 bridgehead atoms. The molecule has 1 aliphatic heterocycles. The van der Waals surface area contributed by atoms with Gasteiger partial charge < -0.3 is 0 Å². The van der Waals surface area contributed by atoms with E-state index in [-0.39, 0.29) is 17.1 Å². The van der Waals surface area contributed by atoms with Gasteiger partial charge in [-0.25, -0.2) is 0 Å². The van der Waals surface area contributed by atoms with E-state index >= 15 is 0 Å². The van der Waals surface area contributed by atoms with Crippen LogP contribution in [0.5, 0.6) is 0 Å². The van der Waals surface area contributed by atoms with Crippen molar-refractivity contribution in [2.75, 3.05) is 5.75 Å². The minimum atomic E-state index is -0.482. The molecule has 0 aliphatic carbocycles. The summed E-state index contributed by atoms with van der Waals surface area (Å²) in [4.78, 5) is 21.5. The zero-order valence-corrected chi connectivity index (χ0v) is 10.8. The number of allylic oxidation sites excluding steroid dienone is 1. The summed E-state index contributed by atoms with van der Waals surface area (Å²) in [6.07, 6.45) is 0. The average Bonchev–Trinajstić information content (AvgIpc) is 2.73. The van der Waals surface area contributed by atoms with Crippen LogP contribution in [0.3, 0.4) is 0 Å². The highest BCUT2D eigenvalue weighted by Gasteiger charge is 2.33. The molecule has 19 heavy (non-hydrogen) atoms. The van der Waals surface area contributed by atoms with Gasteiger partial charge in [-0.3, -0.25) is 20.2 Å². The first-order valence-corrected chi connectivity index (χ1v) is 6.42. The van der Waals surface area contributed by atoms with Crippen molar-refractivity contribution in [3.8, 4) is 0 Å². The minimum Gasteiger partial charge on any atom is -0.259 e. The molecule has 0 amide bonds. The summed E-state index contributed by atoms with van der Waals surface area (Å²) >= 11 is 1.14. The van der Waals surface area contributed by atoms with E-state index in [2.05, 4.69) is 0 Å². The number of nitro groups is 2. The Morgan fingerprint density at radius 2 is 1.84 bits per heavy atom. The van der Waals surface area contributed by atoms with Crippen LogP contribution in [0.25, 0.3) is 5.70 Å². The van der Waals surface area contributed by atoms with E-state index in [9.17, 15) is 20.2 Å². The van der Waals surface area contributed by atoms with Crippen LogP contribution < -0.4 is 0 Å². The Balaban J connectivity index is 2.61. The molecular weight excluding hydrogens is 268 g/mol. The van der Waals surface area contributed by atoms with E-state index in [0.29, 0.717) is 16.0 Å². The quantitative estimate of drug-likeness (QED) is 0.626. The summed E-state index contributed by atoms with van der Waals surface area (Å²) in [6, 6.07) is 8.42. The molecule has 1 aromatic carbocycles. The summed E-state index contributed by atoms with van der Waals surface area (Å²) in [5, 5.41) is 22.1. The zero-order valence-electron chi connectivity index (χ0n) is 10.0. The van der Waals surface area contributed by atoms with Gasteiger partial charge in [0, 0.05) is 5.57 Å². The molecule has 0 aromatic heterocycles. The van der Waals surface area contributed by atoms with Gasteiger partial charge in [0.25, 0.3) is 11.4 Å². The van der Waals surface area contributed by atoms with Crippen LogP contribution in [0.1, 0.15) is 12.5 Å². The summed E-state index contributed by atoms with van der Waals surface area (Å²) in [5.74, 6) is 0.165. The van der Waals surface area contributed by atoms with Gasteiger partial charge in [-0.05, 0) is 19.1 Å². The Morgan fingerprint density at radius 3 is 2.32 bits per heavy atom. The number of hydrogen-bond donors (Lipinski definition) is 0. The summed E-state index contributed by atoms with van der Waals surface area (Å²) in [7, 11) is 0. The molecule has 1 aliphatic rings. The van der Waals surface area contributed by atoms with Crippen molar-refractivity contribution >= 4 is 17.5 Å². The van der Waals surface area contributed by atoms with Crippen molar-refractivity contribution in [1.29, 1.82) is 0 Å². The first kappa shape index (κ1) is 13.3. The number of rotatable bonds is 3. The van der Waals surface area contributed by atoms with Crippen molar-refractivity contribution in [1.82, 2.24) is 0 Å². The third kappa shape index (κ3) is 2.50. The predicted molar refractivity (Wildman–Crippen MR) is 72.5 cm³/mol. The maximum atomic E-state index is 11.3. The molecule has 0 radical (unpaired) electrons. The molecular formula is C12H10N2O4S. The van der Waals surface area contributed by atoms with Crippen molar-refractivity contribution in [3.05, 3.63) is 72.3 Å². The fourth-order valence-corrected chi connectivity index (χ4v) is 3.11. The summed E-state index contributed by atoms with van der Waals surface area (Å²) < 4.78 is 0. The molecule has 2 rings (SSSR count). The van der Waals surface area contributed by atoms with Crippen LogP contribution in [-0.4, -0.2) is 15.6 Å². The van der Waals surface area contributed by atoms with Gasteiger partial charge in [-0.15, -0.1) is 11.8 Å². The first-order chi connectivity index (χ1) is 9.02. The maximum Gasteiger partial charge on any atom is 0.290 e. The Bertz CT molecular complexity index is 607. The van der Waals surface area contributed by atoms with E-state index < -0.39 is 9.85 Å². The SMILES string of the molecule is CC1=C([N+](=O)[O-])CS/C1=C(\c1ccccc1)[N+](=O)[O-]. The van der Waals surface area contributed by atoms with Crippen molar-refractivity contribution in [3.63, 3.8) is 0 Å². The van der Waals surface area contributed by atoms with Crippen LogP contribution in [0.4, 0.5) is 0 Å². The number of thioether (sulfide) groups is 1. The molecule has 0 saturated heterocycles. The Kier molecular flexibility index (Phi) is 3.66. The molecule has 0 atom stereocenters. The molecule has 0 N–H and O–H groups in total. The second kappa shape index (κ2) is 5.23. The standard InChI is InChI=1S/C12H10N2O4S/c1-8-10(13(15)16)7-19-12(8)11(14(17)18)9-5-3-2-4-6-9/h2-6H,7H2,1H3/b12-11+. The van der Waals surface area contributed by atoms with Crippen LogP contribution >= 0.6 is 11.8 Å². The molecule has 7 heteroatoms. The fraction of sp³-hybridized carbons (Fsp3) is 0.167. The lowest BCUT2D eigenvalue weighted by Gasteiger charge is -2.03. The molecule has 0 saturated carbocycles. The van der Waals surface area contributed by atoms with E-state index in [0.717, 1.165) is 11.8 Å². The zero-order chi connectivity index (χ0) is 14.0. The molecule has 1 heterocycles. The van der Waals surface area contributed by atoms with Gasteiger partial charge in [0.1, 0.15) is 0 Å². The summed E-state index contributed by atoms with van der Waals surface area (Å²) in [5.41, 5.74) is 0.805. The molecule has 0 spiro atoms. The van der Waals surface area contributed by atoms with Crippen LogP contribution in [-0.2, 0) is 0 Å². The van der Waals surface area contributed by atoms with Gasteiger partial charge >= 0.3 is 0 Å². The number of nitrogens with zero attached hydrogens (tertiary/aromatic N) is 2. The van der Waals surface area contributed by atoms with E-state index in [1.54, 1.807) is 37.3 Å². The lowest BCUT2D eigenvalue weighted by Crippen LogP contribution is -2.02. The predicted octanol–water partition coefficient (Wildman–Crippen LogP) is 2.93. The second-order valence-electron chi connectivity index (χ2n) is 3.92. The molecule has 0 unspecified atom stereocenters. The van der Waals surface area contributed by atoms with Gasteiger partial charge in [-0.2, -0.15) is 0 Å². The van der Waals surface area contributed by atoms with Gasteiger partial charge in [0.2, 0.25) is 0 Å². The van der Waals surface area contributed by atoms with Crippen molar-refractivity contribution in [2.24, 2.45) is 0 Å². The number of benzene rings is 1. The fourth-order valence-electron chi connectivity index (χ4n) is 1.84. The van der Waals surface area contributed by atoms with Crippen molar-refractivity contribution < 1.29 is 9.85 Å². The van der Waals surface area contributed by atoms with E-state index in [1.807, 2.05) is 0 Å². The van der Waals surface area contributed by atoms with Crippen molar-refractivity contribution in [2.45, 2.75) is 6.92 Å². The van der Waals surface area contributed by atoms with Crippen LogP contribution in [0, 0.1) is 20.2 Å². The Labute approximate surface area is 113 Å². The smallest absolute Gasteiger partial charge is 0.259 e. The van der Waals surface area contributed by atoms with Gasteiger partial charge in [0.15, 0.2) is 0 Å². The van der Waals surface area contributed by atoms with Gasteiger partial charge in [-0.1, -0.05) is 18.2 Å².